The molecule has 2 heterocycles. The Bertz CT molecular complexity index is 1400. The van der Waals surface area contributed by atoms with E-state index >= 15 is 0 Å². The fourth-order valence-corrected chi connectivity index (χ4v) is 4.16. The predicted molar refractivity (Wildman–Crippen MR) is 134 cm³/mol. The van der Waals surface area contributed by atoms with Gasteiger partial charge in [0.2, 0.25) is 0 Å². The van der Waals surface area contributed by atoms with E-state index in [1.165, 1.54) is 5.56 Å². The number of halogens is 1. The van der Waals surface area contributed by atoms with E-state index in [-0.39, 0.29) is 0 Å². The molecule has 2 aromatic heterocycles. The molecule has 0 saturated heterocycles. The van der Waals surface area contributed by atoms with Crippen LogP contribution in [-0.4, -0.2) is 21.1 Å². The smallest absolute Gasteiger partial charge is 0.108 e. The molecule has 0 aliphatic carbocycles. The minimum atomic E-state index is 0.673. The van der Waals surface area contributed by atoms with Gasteiger partial charge >= 0.3 is 0 Å². The number of rotatable bonds is 6. The molecule has 0 amide bonds. The second-order valence-corrected chi connectivity index (χ2v) is 8.21. The number of nitrogens with zero attached hydrogens (tertiary/aromatic N) is 3. The van der Waals surface area contributed by atoms with Crippen LogP contribution in [-0.2, 0) is 6.42 Å². The molecule has 0 bridgehead atoms. The Labute approximate surface area is 192 Å². The van der Waals surface area contributed by atoms with Gasteiger partial charge in [0, 0.05) is 16.1 Å². The van der Waals surface area contributed by atoms with Gasteiger partial charge in [0.25, 0.3) is 0 Å². The van der Waals surface area contributed by atoms with Crippen molar-refractivity contribution in [1.82, 2.24) is 14.5 Å². The highest BCUT2D eigenvalue weighted by molar-refractivity contribution is 6.33. The Kier molecular flexibility index (Phi) is 5.71. The average molecular weight is 439 g/mol. The Hall–Kier alpha value is -3.47. The van der Waals surface area contributed by atoms with Crippen molar-refractivity contribution >= 4 is 45.7 Å². The molecule has 0 fully saturated rings. The first-order valence-electron chi connectivity index (χ1n) is 10.7. The molecule has 0 saturated carbocycles. The van der Waals surface area contributed by atoms with E-state index in [9.17, 15) is 0 Å². The topological polar surface area (TPSA) is 56.7 Å². The van der Waals surface area contributed by atoms with Crippen LogP contribution in [0.15, 0.2) is 79.3 Å². The first kappa shape index (κ1) is 20.4. The molecule has 0 spiro atoms. The second-order valence-electron chi connectivity index (χ2n) is 7.80. The molecular formula is C27H23ClN4. The zero-order valence-corrected chi connectivity index (χ0v) is 18.3. The maximum Gasteiger partial charge on any atom is 0.108 e. The number of pyridine rings is 1. The molecule has 5 heteroatoms. The molecule has 2 N–H and O–H groups in total. The summed E-state index contributed by atoms with van der Waals surface area (Å²) in [5.41, 5.74) is 12.8. The van der Waals surface area contributed by atoms with E-state index in [2.05, 4.69) is 63.1 Å². The standard InChI is InChI=1S/C27H23ClN4/c28-24-16-25-23(15-21(24)11-8-19-5-2-1-3-6-19)27-26(17-30-25)31-18-32(27)22-12-9-20(10-13-22)7-4-14-29/h1-3,5-6,8-13,15-18H,4,7,14,29H2. The summed E-state index contributed by atoms with van der Waals surface area (Å²) in [5.74, 6) is 0. The number of nitrogens with two attached hydrogens (primary N) is 1. The van der Waals surface area contributed by atoms with Crippen LogP contribution >= 0.6 is 11.6 Å². The first-order chi connectivity index (χ1) is 15.7. The molecule has 0 atom stereocenters. The molecular weight excluding hydrogens is 416 g/mol. The number of hydrogen-bond donors (Lipinski definition) is 1. The van der Waals surface area contributed by atoms with Crippen molar-refractivity contribution in [1.29, 1.82) is 0 Å². The molecule has 0 aliphatic rings. The third-order valence-electron chi connectivity index (χ3n) is 5.63. The third kappa shape index (κ3) is 4.03. The Morgan fingerprint density at radius 2 is 1.72 bits per heavy atom. The molecule has 0 aliphatic heterocycles. The van der Waals surface area contributed by atoms with Crippen molar-refractivity contribution < 1.29 is 0 Å². The van der Waals surface area contributed by atoms with E-state index in [1.807, 2.05) is 36.7 Å². The van der Waals surface area contributed by atoms with Gasteiger partial charge in [-0.05, 0) is 60.3 Å². The summed E-state index contributed by atoms with van der Waals surface area (Å²) in [6, 6.07) is 22.8. The predicted octanol–water partition coefficient (Wildman–Crippen LogP) is 6.29. The number of aromatic nitrogens is 3. The SMILES string of the molecule is NCCCc1ccc(-n2cnc3cnc4cc(Cl)c(C=Cc5ccccc5)cc4c32)cc1. The first-order valence-corrected chi connectivity index (χ1v) is 11.1. The van der Waals surface area contributed by atoms with Crippen LogP contribution in [0.3, 0.4) is 0 Å². The molecule has 32 heavy (non-hydrogen) atoms. The van der Waals surface area contributed by atoms with Crippen LogP contribution in [0.1, 0.15) is 23.1 Å². The van der Waals surface area contributed by atoms with Crippen LogP contribution in [0.5, 0.6) is 0 Å². The summed E-state index contributed by atoms with van der Waals surface area (Å²) in [7, 11) is 0. The van der Waals surface area contributed by atoms with Crippen LogP contribution in [0, 0.1) is 0 Å². The lowest BCUT2D eigenvalue weighted by molar-refractivity contribution is 0.832. The van der Waals surface area contributed by atoms with Crippen molar-refractivity contribution in [3.05, 3.63) is 101 Å². The zero-order valence-electron chi connectivity index (χ0n) is 17.6. The minimum Gasteiger partial charge on any atom is -0.330 e. The summed E-state index contributed by atoms with van der Waals surface area (Å²) in [6.45, 7) is 0.705. The van der Waals surface area contributed by atoms with Crippen molar-refractivity contribution in [2.45, 2.75) is 12.8 Å². The number of hydrogen-bond acceptors (Lipinski definition) is 3. The van der Waals surface area contributed by atoms with Gasteiger partial charge < -0.3 is 5.73 Å². The van der Waals surface area contributed by atoms with Gasteiger partial charge in [0.05, 0.1) is 17.2 Å². The van der Waals surface area contributed by atoms with Crippen LogP contribution in [0.25, 0.3) is 39.8 Å². The average Bonchev–Trinajstić information content (AvgIpc) is 3.27. The maximum absolute atomic E-state index is 6.59. The number of benzene rings is 3. The highest BCUT2D eigenvalue weighted by Gasteiger charge is 2.12. The van der Waals surface area contributed by atoms with E-state index in [4.69, 9.17) is 17.3 Å². The lowest BCUT2D eigenvalue weighted by atomic mass is 10.1. The number of aryl methyl sites for hydroxylation is 1. The summed E-state index contributed by atoms with van der Waals surface area (Å²) in [4.78, 5) is 9.18. The van der Waals surface area contributed by atoms with E-state index < -0.39 is 0 Å². The van der Waals surface area contributed by atoms with Crippen LogP contribution in [0.4, 0.5) is 0 Å². The third-order valence-corrected chi connectivity index (χ3v) is 5.96. The number of fused-ring (bicyclic) bond motifs is 3. The molecule has 0 radical (unpaired) electrons. The van der Waals surface area contributed by atoms with Gasteiger partial charge in [0.1, 0.15) is 11.8 Å². The highest BCUT2D eigenvalue weighted by Crippen LogP contribution is 2.31. The summed E-state index contributed by atoms with van der Waals surface area (Å²) in [6.07, 6.45) is 9.75. The number of imidazole rings is 1. The van der Waals surface area contributed by atoms with Crippen LogP contribution < -0.4 is 5.73 Å². The zero-order chi connectivity index (χ0) is 21.9. The molecule has 5 rings (SSSR count). The fraction of sp³-hybridized carbons (Fsp3) is 0.111. The summed E-state index contributed by atoms with van der Waals surface area (Å²) in [5, 5.41) is 1.69. The molecule has 5 aromatic rings. The molecule has 4 nitrogen and oxygen atoms in total. The maximum atomic E-state index is 6.59. The minimum absolute atomic E-state index is 0.673. The molecule has 3 aromatic carbocycles. The quantitative estimate of drug-likeness (QED) is 0.317. The van der Waals surface area contributed by atoms with Crippen molar-refractivity contribution in [3.63, 3.8) is 0 Å². The van der Waals surface area contributed by atoms with Gasteiger partial charge in [0.15, 0.2) is 0 Å². The normalized spacial score (nSPS) is 11.7. The van der Waals surface area contributed by atoms with E-state index in [0.29, 0.717) is 11.6 Å². The van der Waals surface area contributed by atoms with Gasteiger partial charge in [-0.1, -0.05) is 66.2 Å². The van der Waals surface area contributed by atoms with E-state index in [1.54, 1.807) is 6.20 Å². The Balaban J connectivity index is 1.60. The lowest BCUT2D eigenvalue weighted by Crippen LogP contribution is -2.00. The van der Waals surface area contributed by atoms with Crippen molar-refractivity contribution in [2.75, 3.05) is 6.54 Å². The largest absolute Gasteiger partial charge is 0.330 e. The second kappa shape index (κ2) is 8.95. The van der Waals surface area contributed by atoms with Crippen molar-refractivity contribution in [3.8, 4) is 5.69 Å². The summed E-state index contributed by atoms with van der Waals surface area (Å²) >= 11 is 6.59. The van der Waals surface area contributed by atoms with Gasteiger partial charge in [-0.15, -0.1) is 0 Å². The highest BCUT2D eigenvalue weighted by atomic mass is 35.5. The van der Waals surface area contributed by atoms with E-state index in [0.717, 1.165) is 51.6 Å². The molecule has 0 unspecified atom stereocenters. The monoisotopic (exact) mass is 438 g/mol. The van der Waals surface area contributed by atoms with Crippen LogP contribution in [0.2, 0.25) is 5.02 Å². The Morgan fingerprint density at radius 1 is 0.906 bits per heavy atom. The fourth-order valence-electron chi connectivity index (χ4n) is 3.93. The Morgan fingerprint density at radius 3 is 2.50 bits per heavy atom. The van der Waals surface area contributed by atoms with Crippen molar-refractivity contribution in [2.24, 2.45) is 5.73 Å². The molecule has 158 valence electrons. The van der Waals surface area contributed by atoms with Gasteiger partial charge in [-0.25, -0.2) is 4.98 Å². The van der Waals surface area contributed by atoms with Gasteiger partial charge in [-0.3, -0.25) is 9.55 Å². The summed E-state index contributed by atoms with van der Waals surface area (Å²) < 4.78 is 2.12. The lowest BCUT2D eigenvalue weighted by Gasteiger charge is -2.09. The van der Waals surface area contributed by atoms with Gasteiger partial charge in [-0.2, -0.15) is 0 Å².